The zero-order valence-corrected chi connectivity index (χ0v) is 21.3. The van der Waals surface area contributed by atoms with Gasteiger partial charge in [0.2, 0.25) is 5.91 Å². The SMILES string of the molecule is C[C@H]1[C@@H](CSc2ccccn2)O[C@@H](c2cccc(NC(=O)CCC(=O)O)c2)O[C@H]1c1ccc(CO)cc1. The number of carbonyl (C=O) groups excluding carboxylic acids is 1. The van der Waals surface area contributed by atoms with E-state index in [0.717, 1.165) is 21.7 Å². The second kappa shape index (κ2) is 12.8. The summed E-state index contributed by atoms with van der Waals surface area (Å²) >= 11 is 1.62. The number of aromatic nitrogens is 1. The van der Waals surface area contributed by atoms with Gasteiger partial charge in [0.1, 0.15) is 0 Å². The van der Waals surface area contributed by atoms with Gasteiger partial charge in [-0.2, -0.15) is 0 Å². The molecule has 8 nitrogen and oxygen atoms in total. The monoisotopic (exact) mass is 522 g/mol. The Morgan fingerprint density at radius 3 is 2.51 bits per heavy atom. The van der Waals surface area contributed by atoms with Gasteiger partial charge in [0, 0.05) is 35.5 Å². The van der Waals surface area contributed by atoms with Gasteiger partial charge in [-0.15, -0.1) is 11.8 Å². The highest BCUT2D eigenvalue weighted by atomic mass is 32.2. The highest BCUT2D eigenvalue weighted by Gasteiger charge is 2.38. The predicted octanol–water partition coefficient (Wildman–Crippen LogP) is 4.96. The van der Waals surface area contributed by atoms with Gasteiger partial charge < -0.3 is 25.0 Å². The van der Waals surface area contributed by atoms with Crippen LogP contribution in [0.4, 0.5) is 5.69 Å². The van der Waals surface area contributed by atoms with Crippen LogP contribution in [0, 0.1) is 5.92 Å². The van der Waals surface area contributed by atoms with Gasteiger partial charge in [-0.1, -0.05) is 49.4 Å². The van der Waals surface area contributed by atoms with Crippen molar-refractivity contribution in [2.75, 3.05) is 11.1 Å². The van der Waals surface area contributed by atoms with Gasteiger partial charge in [0.15, 0.2) is 6.29 Å². The van der Waals surface area contributed by atoms with Gasteiger partial charge >= 0.3 is 5.97 Å². The lowest BCUT2D eigenvalue weighted by molar-refractivity contribution is -0.268. The zero-order chi connectivity index (χ0) is 26.2. The first kappa shape index (κ1) is 26.8. The lowest BCUT2D eigenvalue weighted by Crippen LogP contribution is -2.38. The minimum absolute atomic E-state index is 0.0264. The van der Waals surface area contributed by atoms with Crippen LogP contribution in [0.15, 0.2) is 78.0 Å². The van der Waals surface area contributed by atoms with Crippen molar-refractivity contribution in [1.82, 2.24) is 4.98 Å². The Kier molecular flexibility index (Phi) is 9.29. The summed E-state index contributed by atoms with van der Waals surface area (Å²) in [6.45, 7) is 2.07. The topological polar surface area (TPSA) is 118 Å². The maximum atomic E-state index is 12.1. The van der Waals surface area contributed by atoms with Crippen molar-refractivity contribution in [3.05, 3.63) is 89.6 Å². The summed E-state index contributed by atoms with van der Waals surface area (Å²) in [4.78, 5) is 27.3. The van der Waals surface area contributed by atoms with Crippen molar-refractivity contribution < 1.29 is 29.3 Å². The number of hydrogen-bond donors (Lipinski definition) is 3. The van der Waals surface area contributed by atoms with Crippen LogP contribution in [-0.4, -0.2) is 38.9 Å². The standard InChI is InChI=1S/C28H30N2O6S/c1-18-23(17-37-25-7-2-3-14-29-25)35-28(36-27(18)20-10-8-19(16-31)9-11-20)21-5-4-6-22(15-21)30-24(32)12-13-26(33)34/h2-11,14-15,18,23,27-28,31H,12-13,16-17H2,1H3,(H,30,32)(H,33,34)/t18-,23+,27+,28+/m0/s1. The first-order valence-electron chi connectivity index (χ1n) is 12.1. The number of aliphatic hydroxyl groups is 1. The number of carboxylic acid groups (broad SMARTS) is 1. The highest BCUT2D eigenvalue weighted by molar-refractivity contribution is 7.99. The Morgan fingerprint density at radius 1 is 1.00 bits per heavy atom. The number of nitrogens with zero attached hydrogens (tertiary/aromatic N) is 1. The Balaban J connectivity index is 1.55. The number of nitrogens with one attached hydrogen (secondary N) is 1. The number of amides is 1. The van der Waals surface area contributed by atoms with Crippen LogP contribution >= 0.6 is 11.8 Å². The molecular weight excluding hydrogens is 492 g/mol. The van der Waals surface area contributed by atoms with E-state index in [1.807, 2.05) is 48.5 Å². The zero-order valence-electron chi connectivity index (χ0n) is 20.4. The largest absolute Gasteiger partial charge is 0.481 e. The molecule has 0 saturated carbocycles. The molecule has 3 N–H and O–H groups in total. The number of ether oxygens (including phenoxy) is 2. The molecule has 0 unspecified atom stereocenters. The van der Waals surface area contributed by atoms with E-state index in [4.69, 9.17) is 14.6 Å². The molecule has 1 amide bonds. The Hall–Kier alpha value is -3.24. The van der Waals surface area contributed by atoms with Crippen molar-refractivity contribution in [3.8, 4) is 0 Å². The molecule has 2 heterocycles. The molecular formula is C28H30N2O6S. The maximum absolute atomic E-state index is 12.1. The van der Waals surface area contributed by atoms with E-state index in [1.54, 1.807) is 36.2 Å². The first-order valence-corrected chi connectivity index (χ1v) is 13.1. The van der Waals surface area contributed by atoms with Crippen LogP contribution < -0.4 is 5.32 Å². The molecule has 0 bridgehead atoms. The molecule has 37 heavy (non-hydrogen) atoms. The number of thioether (sulfide) groups is 1. The van der Waals surface area contributed by atoms with Crippen LogP contribution in [-0.2, 0) is 25.7 Å². The van der Waals surface area contributed by atoms with E-state index in [2.05, 4.69) is 17.2 Å². The Morgan fingerprint density at radius 2 is 1.81 bits per heavy atom. The van der Waals surface area contributed by atoms with E-state index in [0.29, 0.717) is 11.4 Å². The van der Waals surface area contributed by atoms with Crippen molar-refractivity contribution in [2.24, 2.45) is 5.92 Å². The number of hydrogen-bond acceptors (Lipinski definition) is 7. The van der Waals surface area contributed by atoms with E-state index in [-0.39, 0.29) is 43.5 Å². The summed E-state index contributed by atoms with van der Waals surface area (Å²) in [6.07, 6.45) is 0.346. The number of benzene rings is 2. The fourth-order valence-electron chi connectivity index (χ4n) is 4.12. The fourth-order valence-corrected chi connectivity index (χ4v) is 5.14. The fraction of sp³-hybridized carbons (Fsp3) is 0.321. The minimum Gasteiger partial charge on any atom is -0.481 e. The molecule has 4 rings (SSSR count). The second-order valence-electron chi connectivity index (χ2n) is 8.87. The van der Waals surface area contributed by atoms with Crippen LogP contribution in [0.5, 0.6) is 0 Å². The van der Waals surface area contributed by atoms with Crippen LogP contribution in [0.1, 0.15) is 48.8 Å². The molecule has 1 aliphatic heterocycles. The normalized spacial score (nSPS) is 21.4. The molecule has 1 saturated heterocycles. The summed E-state index contributed by atoms with van der Waals surface area (Å²) in [7, 11) is 0. The molecule has 194 valence electrons. The molecule has 0 spiro atoms. The van der Waals surface area contributed by atoms with Crippen molar-refractivity contribution >= 4 is 29.3 Å². The quantitative estimate of drug-likeness (QED) is 0.320. The van der Waals surface area contributed by atoms with Gasteiger partial charge in [0.05, 0.1) is 30.3 Å². The number of aliphatic carboxylic acids is 1. The summed E-state index contributed by atoms with van der Waals surface area (Å²) in [5.74, 6) is -0.680. The van der Waals surface area contributed by atoms with E-state index in [9.17, 15) is 14.7 Å². The number of pyridine rings is 1. The average molecular weight is 523 g/mol. The number of carbonyl (C=O) groups is 2. The molecule has 0 radical (unpaired) electrons. The number of aliphatic hydroxyl groups excluding tert-OH is 1. The summed E-state index contributed by atoms with van der Waals surface area (Å²) in [5.41, 5.74) is 3.10. The van der Waals surface area contributed by atoms with Gasteiger partial charge in [-0.25, -0.2) is 4.98 Å². The summed E-state index contributed by atoms with van der Waals surface area (Å²) in [6, 6.07) is 20.7. The third-order valence-corrected chi connectivity index (χ3v) is 7.20. The van der Waals surface area contributed by atoms with Gasteiger partial charge in [-0.3, -0.25) is 9.59 Å². The highest BCUT2D eigenvalue weighted by Crippen LogP contribution is 2.43. The van der Waals surface area contributed by atoms with Crippen molar-refractivity contribution in [2.45, 2.75) is 49.9 Å². The summed E-state index contributed by atoms with van der Waals surface area (Å²) in [5, 5.41) is 21.9. The molecule has 3 aromatic rings. The first-order chi connectivity index (χ1) is 17.9. The van der Waals surface area contributed by atoms with Crippen LogP contribution in [0.3, 0.4) is 0 Å². The van der Waals surface area contributed by atoms with E-state index >= 15 is 0 Å². The lowest BCUT2D eigenvalue weighted by atomic mass is 9.91. The number of rotatable bonds is 10. The molecule has 2 aromatic carbocycles. The van der Waals surface area contributed by atoms with Crippen LogP contribution in [0.25, 0.3) is 0 Å². The lowest BCUT2D eigenvalue weighted by Gasteiger charge is -2.41. The molecule has 1 fully saturated rings. The second-order valence-corrected chi connectivity index (χ2v) is 9.91. The van der Waals surface area contributed by atoms with Gasteiger partial charge in [0.25, 0.3) is 0 Å². The average Bonchev–Trinajstić information content (AvgIpc) is 2.92. The predicted molar refractivity (Wildman–Crippen MR) is 140 cm³/mol. The third kappa shape index (κ3) is 7.39. The summed E-state index contributed by atoms with van der Waals surface area (Å²) < 4.78 is 12.9. The number of anilines is 1. The van der Waals surface area contributed by atoms with E-state index in [1.165, 1.54) is 0 Å². The van der Waals surface area contributed by atoms with Crippen molar-refractivity contribution in [1.29, 1.82) is 0 Å². The van der Waals surface area contributed by atoms with Gasteiger partial charge in [-0.05, 0) is 35.4 Å². The molecule has 9 heteroatoms. The van der Waals surface area contributed by atoms with Crippen LogP contribution in [0.2, 0.25) is 0 Å². The molecule has 1 aliphatic rings. The Bertz CT molecular complexity index is 1190. The third-order valence-electron chi connectivity index (χ3n) is 6.17. The maximum Gasteiger partial charge on any atom is 0.303 e. The molecule has 1 aromatic heterocycles. The molecule has 4 atom stereocenters. The van der Waals surface area contributed by atoms with E-state index < -0.39 is 12.3 Å². The number of carboxylic acids is 1. The van der Waals surface area contributed by atoms with Crippen molar-refractivity contribution in [3.63, 3.8) is 0 Å². The Labute approximate surface area is 220 Å². The smallest absolute Gasteiger partial charge is 0.303 e. The minimum atomic E-state index is -1.02. The molecule has 0 aliphatic carbocycles.